The first-order chi connectivity index (χ1) is 10.5. The summed E-state index contributed by atoms with van der Waals surface area (Å²) in [4.78, 5) is 0. The van der Waals surface area contributed by atoms with Gasteiger partial charge in [-0.3, -0.25) is 0 Å². The van der Waals surface area contributed by atoms with Crippen molar-refractivity contribution in [2.45, 2.75) is 30.8 Å². The Morgan fingerprint density at radius 1 is 1.00 bits per heavy atom. The summed E-state index contributed by atoms with van der Waals surface area (Å²) >= 11 is 0. The van der Waals surface area contributed by atoms with Crippen molar-refractivity contribution in [3.8, 4) is 17.2 Å². The number of benzene rings is 1. The molecule has 0 heterocycles. The zero-order valence-corrected chi connectivity index (χ0v) is 12.5. The van der Waals surface area contributed by atoms with Crippen LogP contribution >= 0.6 is 0 Å². The van der Waals surface area contributed by atoms with Gasteiger partial charge in [-0.15, -0.1) is 0 Å². The van der Waals surface area contributed by atoms with Crippen molar-refractivity contribution in [2.75, 3.05) is 20.8 Å². The molecule has 0 radical (unpaired) electrons. The number of hydrogen-bond acceptors (Lipinski definition) is 7. The van der Waals surface area contributed by atoms with Crippen molar-refractivity contribution < 1.29 is 34.6 Å². The van der Waals surface area contributed by atoms with E-state index in [1.54, 1.807) is 18.2 Å². The third-order valence-electron chi connectivity index (χ3n) is 3.99. The van der Waals surface area contributed by atoms with E-state index in [0.717, 1.165) is 0 Å². The second-order valence-corrected chi connectivity index (χ2v) is 5.30. The van der Waals surface area contributed by atoms with Gasteiger partial charge >= 0.3 is 0 Å². The molecule has 1 aromatic carbocycles. The van der Waals surface area contributed by atoms with Gasteiger partial charge in [0.1, 0.15) is 18.3 Å². The normalized spacial score (nSPS) is 31.6. The van der Waals surface area contributed by atoms with E-state index in [-0.39, 0.29) is 13.0 Å². The summed E-state index contributed by atoms with van der Waals surface area (Å²) in [6, 6.07) is 5.10. The molecule has 1 aromatic rings. The van der Waals surface area contributed by atoms with Crippen LogP contribution in [0.4, 0.5) is 0 Å². The molecule has 1 saturated carbocycles. The minimum atomic E-state index is -1.39. The van der Waals surface area contributed by atoms with Gasteiger partial charge < -0.3 is 34.6 Å². The van der Waals surface area contributed by atoms with Gasteiger partial charge in [0.25, 0.3) is 0 Å². The van der Waals surface area contributed by atoms with Crippen LogP contribution in [0.1, 0.15) is 6.42 Å². The Morgan fingerprint density at radius 2 is 1.59 bits per heavy atom. The first-order valence-electron chi connectivity index (χ1n) is 7.06. The Hall–Kier alpha value is -1.54. The van der Waals surface area contributed by atoms with E-state index in [2.05, 4.69) is 0 Å². The molecule has 0 saturated heterocycles. The first kappa shape index (κ1) is 16.8. The maximum absolute atomic E-state index is 10.1. The highest BCUT2D eigenvalue weighted by atomic mass is 16.6. The lowest BCUT2D eigenvalue weighted by atomic mass is 9.81. The molecule has 2 rings (SSSR count). The van der Waals surface area contributed by atoms with Crippen LogP contribution in [0.2, 0.25) is 0 Å². The van der Waals surface area contributed by atoms with Crippen molar-refractivity contribution in [2.24, 2.45) is 5.92 Å². The SMILES string of the molecule is COc1cccc(OC)c1OC1C[C@H](CO)[C@@H](O)[C@H](O)[C@H]1O. The molecule has 0 aliphatic heterocycles. The Morgan fingerprint density at radius 3 is 2.09 bits per heavy atom. The van der Waals surface area contributed by atoms with Gasteiger partial charge in [0, 0.05) is 12.5 Å². The topological polar surface area (TPSA) is 109 Å². The highest BCUT2D eigenvalue weighted by molar-refractivity contribution is 5.51. The third kappa shape index (κ3) is 3.12. The molecule has 4 N–H and O–H groups in total. The smallest absolute Gasteiger partial charge is 0.203 e. The zero-order chi connectivity index (χ0) is 16.3. The Balaban J connectivity index is 2.26. The Labute approximate surface area is 128 Å². The lowest BCUT2D eigenvalue weighted by Gasteiger charge is -2.39. The van der Waals surface area contributed by atoms with Crippen LogP contribution < -0.4 is 14.2 Å². The summed E-state index contributed by atoms with van der Waals surface area (Å²) in [5.74, 6) is 0.571. The number of rotatable bonds is 5. The lowest BCUT2D eigenvalue weighted by Crippen LogP contribution is -2.56. The van der Waals surface area contributed by atoms with Crippen molar-refractivity contribution in [3.05, 3.63) is 18.2 Å². The van der Waals surface area contributed by atoms with Gasteiger partial charge in [-0.05, 0) is 18.6 Å². The van der Waals surface area contributed by atoms with Crippen LogP contribution in [0.25, 0.3) is 0 Å². The molecule has 5 atom stereocenters. The number of aliphatic hydroxyl groups is 4. The molecule has 0 aromatic heterocycles. The summed E-state index contributed by atoms with van der Waals surface area (Å²) < 4.78 is 16.2. The standard InChI is InChI=1S/C15H22O7/c1-20-9-4-3-5-10(21-2)15(9)22-11-6-8(7-16)12(17)14(19)13(11)18/h3-5,8,11-14,16-19H,6-7H2,1-2H3/t8-,11?,12-,13+,14+/m1/s1. The lowest BCUT2D eigenvalue weighted by molar-refractivity contribution is -0.157. The van der Waals surface area contributed by atoms with Gasteiger partial charge in [0.15, 0.2) is 11.5 Å². The molecule has 1 aliphatic rings. The summed E-state index contributed by atoms with van der Waals surface area (Å²) in [5.41, 5.74) is 0. The second kappa shape index (κ2) is 7.15. The summed E-state index contributed by atoms with van der Waals surface area (Å²) in [5, 5.41) is 39.1. The largest absolute Gasteiger partial charge is 0.493 e. The van der Waals surface area contributed by atoms with E-state index in [1.165, 1.54) is 14.2 Å². The summed E-state index contributed by atoms with van der Waals surface area (Å²) in [6.45, 7) is -0.312. The van der Waals surface area contributed by atoms with Crippen molar-refractivity contribution in [3.63, 3.8) is 0 Å². The minimum absolute atomic E-state index is 0.192. The number of hydrogen-bond donors (Lipinski definition) is 4. The fraction of sp³-hybridized carbons (Fsp3) is 0.600. The van der Waals surface area contributed by atoms with E-state index in [9.17, 15) is 20.4 Å². The first-order valence-corrected chi connectivity index (χ1v) is 7.06. The van der Waals surface area contributed by atoms with Crippen LogP contribution in [-0.2, 0) is 0 Å². The van der Waals surface area contributed by atoms with Crippen LogP contribution in [0.3, 0.4) is 0 Å². The van der Waals surface area contributed by atoms with Crippen molar-refractivity contribution in [1.29, 1.82) is 0 Å². The molecular formula is C15H22O7. The van der Waals surface area contributed by atoms with E-state index in [0.29, 0.717) is 17.2 Å². The van der Waals surface area contributed by atoms with E-state index in [1.807, 2.05) is 0 Å². The molecular weight excluding hydrogens is 292 g/mol. The highest BCUT2D eigenvalue weighted by Gasteiger charge is 2.44. The minimum Gasteiger partial charge on any atom is -0.493 e. The Bertz CT molecular complexity index is 469. The molecule has 0 spiro atoms. The molecule has 0 amide bonds. The van der Waals surface area contributed by atoms with Crippen LogP contribution in [0.15, 0.2) is 18.2 Å². The number of ether oxygens (including phenoxy) is 3. The molecule has 22 heavy (non-hydrogen) atoms. The fourth-order valence-electron chi connectivity index (χ4n) is 2.66. The molecule has 7 heteroatoms. The molecule has 124 valence electrons. The fourth-order valence-corrected chi connectivity index (χ4v) is 2.66. The van der Waals surface area contributed by atoms with E-state index >= 15 is 0 Å². The quantitative estimate of drug-likeness (QED) is 0.583. The summed E-state index contributed by atoms with van der Waals surface area (Å²) in [7, 11) is 2.96. The van der Waals surface area contributed by atoms with Crippen LogP contribution in [0, 0.1) is 5.92 Å². The predicted molar refractivity (Wildman–Crippen MR) is 77.2 cm³/mol. The van der Waals surface area contributed by atoms with Crippen molar-refractivity contribution in [1.82, 2.24) is 0 Å². The van der Waals surface area contributed by atoms with Gasteiger partial charge in [-0.25, -0.2) is 0 Å². The van der Waals surface area contributed by atoms with Gasteiger partial charge in [-0.2, -0.15) is 0 Å². The second-order valence-electron chi connectivity index (χ2n) is 5.30. The highest BCUT2D eigenvalue weighted by Crippen LogP contribution is 2.39. The van der Waals surface area contributed by atoms with Gasteiger partial charge in [-0.1, -0.05) is 6.07 Å². The van der Waals surface area contributed by atoms with Gasteiger partial charge in [0.05, 0.1) is 20.3 Å². The molecule has 1 fully saturated rings. The maximum atomic E-state index is 10.1. The Kier molecular flexibility index (Phi) is 5.47. The average Bonchev–Trinajstić information content (AvgIpc) is 2.55. The summed E-state index contributed by atoms with van der Waals surface area (Å²) in [6.07, 6.45) is -4.49. The zero-order valence-electron chi connectivity index (χ0n) is 12.5. The van der Waals surface area contributed by atoms with Crippen LogP contribution in [0.5, 0.6) is 17.2 Å². The molecule has 0 bridgehead atoms. The van der Waals surface area contributed by atoms with E-state index in [4.69, 9.17) is 14.2 Å². The maximum Gasteiger partial charge on any atom is 0.203 e. The van der Waals surface area contributed by atoms with Crippen LogP contribution in [-0.4, -0.2) is 65.7 Å². The molecule has 1 aliphatic carbocycles. The third-order valence-corrected chi connectivity index (χ3v) is 3.99. The predicted octanol–water partition coefficient (Wildman–Crippen LogP) is -0.454. The molecule has 7 nitrogen and oxygen atoms in total. The number of methoxy groups -OCH3 is 2. The molecule has 1 unspecified atom stereocenters. The number of para-hydroxylation sites is 1. The number of aliphatic hydroxyl groups excluding tert-OH is 4. The van der Waals surface area contributed by atoms with Gasteiger partial charge in [0.2, 0.25) is 5.75 Å². The van der Waals surface area contributed by atoms with Crippen molar-refractivity contribution >= 4 is 0 Å². The average molecular weight is 314 g/mol. The monoisotopic (exact) mass is 314 g/mol. The van der Waals surface area contributed by atoms with E-state index < -0.39 is 30.3 Å².